The second-order valence-electron chi connectivity index (χ2n) is 5.89. The molecule has 26 heavy (non-hydrogen) atoms. The molecule has 0 aliphatic carbocycles. The van der Waals surface area contributed by atoms with Gasteiger partial charge < -0.3 is 10.3 Å². The molecule has 1 atom stereocenters. The number of hydrogen-bond donors (Lipinski definition) is 2. The van der Waals surface area contributed by atoms with Crippen molar-refractivity contribution in [2.75, 3.05) is 0 Å². The van der Waals surface area contributed by atoms with Crippen LogP contribution in [-0.4, -0.2) is 22.1 Å². The first-order chi connectivity index (χ1) is 12.3. The van der Waals surface area contributed by atoms with Crippen molar-refractivity contribution in [1.29, 1.82) is 0 Å². The average molecular weight is 365 g/mol. The third-order valence-electron chi connectivity index (χ3n) is 4.04. The second-order valence-corrected chi connectivity index (χ2v) is 5.89. The number of hydrogen-bond acceptors (Lipinski definition) is 2. The van der Waals surface area contributed by atoms with Crippen LogP contribution in [0.25, 0.3) is 10.9 Å². The zero-order chi connectivity index (χ0) is 18.9. The Morgan fingerprint density at radius 3 is 2.69 bits per heavy atom. The van der Waals surface area contributed by atoms with Gasteiger partial charge in [0.25, 0.3) is 0 Å². The molecule has 2 N–H and O–H groups in total. The van der Waals surface area contributed by atoms with Crippen LogP contribution < -0.4 is 5.32 Å². The quantitative estimate of drug-likeness (QED) is 0.688. The Hall–Kier alpha value is -2.90. The molecule has 0 bridgehead atoms. The number of benzene rings is 1. The number of halogens is 4. The fourth-order valence-electron chi connectivity index (χ4n) is 2.83. The van der Waals surface area contributed by atoms with E-state index in [1.807, 2.05) is 5.32 Å². The number of nitrogens with one attached hydrogen (secondary N) is 2. The summed E-state index contributed by atoms with van der Waals surface area (Å²) < 4.78 is 53.4. The van der Waals surface area contributed by atoms with Crippen LogP contribution in [0.1, 0.15) is 23.0 Å². The van der Waals surface area contributed by atoms with Gasteiger partial charge in [-0.05, 0) is 42.8 Å². The number of amides is 1. The maximum absolute atomic E-state index is 13.5. The van der Waals surface area contributed by atoms with E-state index in [9.17, 15) is 22.4 Å². The number of fused-ring (bicyclic) bond motifs is 1. The van der Waals surface area contributed by atoms with E-state index in [4.69, 9.17) is 0 Å². The highest BCUT2D eigenvalue weighted by atomic mass is 19.4. The summed E-state index contributed by atoms with van der Waals surface area (Å²) in [5.41, 5.74) is 1.37. The highest BCUT2D eigenvalue weighted by molar-refractivity contribution is 5.90. The van der Waals surface area contributed by atoms with E-state index in [1.165, 1.54) is 42.6 Å². The maximum atomic E-state index is 13.5. The van der Waals surface area contributed by atoms with Gasteiger partial charge in [-0.15, -0.1) is 0 Å². The second kappa shape index (κ2) is 6.78. The topological polar surface area (TPSA) is 57.8 Å². The molecule has 0 spiro atoms. The number of H-pyrrole nitrogens is 1. The Labute approximate surface area is 146 Å². The number of carbonyl (C=O) groups excluding carboxylic acids is 1. The van der Waals surface area contributed by atoms with Crippen LogP contribution in [0.3, 0.4) is 0 Å². The highest BCUT2D eigenvalue weighted by Gasteiger charge is 2.42. The van der Waals surface area contributed by atoms with E-state index in [1.54, 1.807) is 6.92 Å². The molecule has 0 saturated heterocycles. The summed E-state index contributed by atoms with van der Waals surface area (Å²) in [5, 5.41) is 2.46. The van der Waals surface area contributed by atoms with Gasteiger partial charge in [0.05, 0.1) is 12.1 Å². The Bertz CT molecular complexity index is 935. The lowest BCUT2D eigenvalue weighted by Crippen LogP contribution is -2.39. The Balaban J connectivity index is 1.86. The van der Waals surface area contributed by atoms with Gasteiger partial charge in [-0.3, -0.25) is 9.78 Å². The molecule has 3 aromatic rings. The number of alkyl halides is 3. The van der Waals surface area contributed by atoms with E-state index in [-0.39, 0.29) is 12.1 Å². The number of nitrogens with zero attached hydrogens (tertiary/aromatic N) is 1. The first-order valence-electron chi connectivity index (χ1n) is 7.79. The van der Waals surface area contributed by atoms with Crippen LogP contribution in [0.2, 0.25) is 0 Å². The molecule has 8 heteroatoms. The smallest absolute Gasteiger partial charge is 0.358 e. The lowest BCUT2D eigenvalue weighted by atomic mass is 10.1. The number of pyridine rings is 1. The summed E-state index contributed by atoms with van der Waals surface area (Å²) in [5.74, 6) is -1.31. The summed E-state index contributed by atoms with van der Waals surface area (Å²) in [4.78, 5) is 19.0. The van der Waals surface area contributed by atoms with Crippen LogP contribution in [0.5, 0.6) is 0 Å². The predicted octanol–water partition coefficient (Wildman–Crippen LogP) is 3.97. The minimum absolute atomic E-state index is 0.296. The number of rotatable bonds is 4. The van der Waals surface area contributed by atoms with Gasteiger partial charge in [-0.1, -0.05) is 6.07 Å². The first kappa shape index (κ1) is 17.9. The molecule has 0 aliphatic rings. The molecule has 4 nitrogen and oxygen atoms in total. The number of aryl methyl sites for hydroxylation is 1. The van der Waals surface area contributed by atoms with Gasteiger partial charge in [0.2, 0.25) is 5.91 Å². The van der Waals surface area contributed by atoms with Gasteiger partial charge >= 0.3 is 6.18 Å². The van der Waals surface area contributed by atoms with Gasteiger partial charge in [0, 0.05) is 22.8 Å². The SMILES string of the molecule is Cc1[nH]c2ccc(F)cc2c1CC(=O)NC(c1ccccn1)C(F)(F)F. The van der Waals surface area contributed by atoms with Crippen LogP contribution >= 0.6 is 0 Å². The van der Waals surface area contributed by atoms with Gasteiger partial charge in [0.15, 0.2) is 6.04 Å². The Kier molecular flexibility index (Phi) is 4.67. The summed E-state index contributed by atoms with van der Waals surface area (Å²) in [6.45, 7) is 1.68. The maximum Gasteiger partial charge on any atom is 0.414 e. The largest absolute Gasteiger partial charge is 0.414 e. The van der Waals surface area contributed by atoms with Crippen molar-refractivity contribution in [3.05, 3.63) is 65.4 Å². The van der Waals surface area contributed by atoms with Crippen molar-refractivity contribution >= 4 is 16.8 Å². The fourth-order valence-corrected chi connectivity index (χ4v) is 2.83. The van der Waals surface area contributed by atoms with Crippen LogP contribution in [0.15, 0.2) is 42.6 Å². The summed E-state index contributed by atoms with van der Waals surface area (Å²) in [6, 6.07) is 5.93. The molecular formula is C18H15F4N3O. The summed E-state index contributed by atoms with van der Waals surface area (Å²) >= 11 is 0. The molecule has 0 aliphatic heterocycles. The Morgan fingerprint density at radius 1 is 1.27 bits per heavy atom. The molecule has 0 saturated carbocycles. The van der Waals surface area contributed by atoms with Crippen molar-refractivity contribution in [1.82, 2.24) is 15.3 Å². The average Bonchev–Trinajstić information content (AvgIpc) is 2.88. The molecule has 0 radical (unpaired) electrons. The van der Waals surface area contributed by atoms with Crippen LogP contribution in [0.4, 0.5) is 17.6 Å². The molecule has 2 heterocycles. The number of carbonyl (C=O) groups is 1. The molecule has 1 unspecified atom stereocenters. The molecular weight excluding hydrogens is 350 g/mol. The molecule has 1 aromatic carbocycles. The van der Waals surface area contributed by atoms with E-state index >= 15 is 0 Å². The van der Waals surface area contributed by atoms with Gasteiger partial charge in [-0.25, -0.2) is 4.39 Å². The van der Waals surface area contributed by atoms with E-state index in [2.05, 4.69) is 9.97 Å². The Morgan fingerprint density at radius 2 is 2.04 bits per heavy atom. The zero-order valence-corrected chi connectivity index (χ0v) is 13.7. The fraction of sp³-hybridized carbons (Fsp3) is 0.222. The molecule has 3 rings (SSSR count). The minimum Gasteiger partial charge on any atom is -0.358 e. The van der Waals surface area contributed by atoms with Gasteiger partial charge in [0.1, 0.15) is 5.82 Å². The monoisotopic (exact) mass is 365 g/mol. The van der Waals surface area contributed by atoms with Crippen LogP contribution in [0, 0.1) is 12.7 Å². The van der Waals surface area contributed by atoms with Gasteiger partial charge in [-0.2, -0.15) is 13.2 Å². The third kappa shape index (κ3) is 3.68. The molecule has 1 amide bonds. The molecule has 2 aromatic heterocycles. The minimum atomic E-state index is -4.69. The number of aromatic amines is 1. The van der Waals surface area contributed by atoms with Crippen molar-refractivity contribution < 1.29 is 22.4 Å². The van der Waals surface area contributed by atoms with Crippen molar-refractivity contribution in [2.45, 2.75) is 25.6 Å². The molecule has 0 fully saturated rings. The third-order valence-corrected chi connectivity index (χ3v) is 4.04. The normalized spacial score (nSPS) is 13.0. The van der Waals surface area contributed by atoms with E-state index in [0.717, 1.165) is 0 Å². The first-order valence-corrected chi connectivity index (χ1v) is 7.79. The lowest BCUT2D eigenvalue weighted by Gasteiger charge is -2.21. The predicted molar refractivity (Wildman–Crippen MR) is 87.9 cm³/mol. The van der Waals surface area contributed by atoms with E-state index in [0.29, 0.717) is 22.2 Å². The summed E-state index contributed by atoms with van der Waals surface area (Å²) in [6.07, 6.45) is -3.77. The lowest BCUT2D eigenvalue weighted by molar-refractivity contribution is -0.164. The van der Waals surface area contributed by atoms with Crippen molar-refractivity contribution in [2.24, 2.45) is 0 Å². The highest BCUT2D eigenvalue weighted by Crippen LogP contribution is 2.32. The zero-order valence-electron chi connectivity index (χ0n) is 13.7. The number of aromatic nitrogens is 2. The standard InChI is InChI=1S/C18H15F4N3O/c1-10-12(13-8-11(19)5-6-14(13)24-10)9-16(26)25-17(18(20,21)22)15-4-2-3-7-23-15/h2-8,17,24H,9H2,1H3,(H,25,26). The van der Waals surface area contributed by atoms with Crippen molar-refractivity contribution in [3.63, 3.8) is 0 Å². The van der Waals surface area contributed by atoms with Crippen molar-refractivity contribution in [3.8, 4) is 0 Å². The summed E-state index contributed by atoms with van der Waals surface area (Å²) in [7, 11) is 0. The van der Waals surface area contributed by atoms with Crippen LogP contribution in [-0.2, 0) is 11.2 Å². The van der Waals surface area contributed by atoms with E-state index < -0.39 is 23.9 Å². The molecule has 136 valence electrons.